The normalized spacial score (nSPS) is 32.0. The Labute approximate surface area is 66.0 Å². The van der Waals surface area contributed by atoms with E-state index in [1.807, 2.05) is 6.92 Å². The van der Waals surface area contributed by atoms with Crippen LogP contribution in [0.3, 0.4) is 0 Å². The van der Waals surface area contributed by atoms with Crippen LogP contribution in [0, 0.1) is 0 Å². The minimum atomic E-state index is -0.854. The van der Waals surface area contributed by atoms with Gasteiger partial charge in [-0.05, 0) is 19.8 Å². The molecule has 1 aliphatic heterocycles. The van der Waals surface area contributed by atoms with E-state index in [-0.39, 0.29) is 12.1 Å². The largest absolute Gasteiger partial charge is 0.465 e. The van der Waals surface area contributed by atoms with Gasteiger partial charge in [0.2, 0.25) is 0 Å². The molecule has 2 unspecified atom stereocenters. The van der Waals surface area contributed by atoms with E-state index in [2.05, 4.69) is 0 Å². The standard InChI is InChI=1S/C7H14N2O2/c1-5-6(8)3-2-4-9(5)7(10)11/h5-6H,2-4,8H2,1H3,(H,10,11). The van der Waals surface area contributed by atoms with Gasteiger partial charge in [0, 0.05) is 18.6 Å². The first-order valence-corrected chi connectivity index (χ1v) is 3.88. The number of carbonyl (C=O) groups is 1. The predicted molar refractivity (Wildman–Crippen MR) is 41.4 cm³/mol. The minimum absolute atomic E-state index is 0.0137. The summed E-state index contributed by atoms with van der Waals surface area (Å²) in [4.78, 5) is 12.0. The van der Waals surface area contributed by atoms with Gasteiger partial charge in [0.15, 0.2) is 0 Å². The number of rotatable bonds is 0. The summed E-state index contributed by atoms with van der Waals surface area (Å²) >= 11 is 0. The van der Waals surface area contributed by atoms with E-state index in [0.29, 0.717) is 6.54 Å². The molecular weight excluding hydrogens is 144 g/mol. The average Bonchev–Trinajstić information content (AvgIpc) is 1.94. The molecule has 1 saturated heterocycles. The molecule has 0 aliphatic carbocycles. The maximum atomic E-state index is 10.6. The van der Waals surface area contributed by atoms with Crippen LogP contribution in [-0.2, 0) is 0 Å². The molecule has 1 amide bonds. The van der Waals surface area contributed by atoms with E-state index >= 15 is 0 Å². The van der Waals surface area contributed by atoms with Gasteiger partial charge in [0.1, 0.15) is 0 Å². The SMILES string of the molecule is CC1C(N)CCCN1C(=O)O. The molecule has 0 bridgehead atoms. The molecule has 4 nitrogen and oxygen atoms in total. The summed E-state index contributed by atoms with van der Waals surface area (Å²) in [5.41, 5.74) is 5.70. The highest BCUT2D eigenvalue weighted by Gasteiger charge is 2.28. The Balaban J connectivity index is 2.58. The number of nitrogens with zero attached hydrogens (tertiary/aromatic N) is 1. The second kappa shape index (κ2) is 3.09. The van der Waals surface area contributed by atoms with Crippen molar-refractivity contribution in [1.82, 2.24) is 4.90 Å². The molecular formula is C7H14N2O2. The van der Waals surface area contributed by atoms with Crippen LogP contribution in [0.2, 0.25) is 0 Å². The first kappa shape index (κ1) is 8.33. The van der Waals surface area contributed by atoms with Crippen molar-refractivity contribution in [2.45, 2.75) is 31.8 Å². The van der Waals surface area contributed by atoms with Gasteiger partial charge >= 0.3 is 6.09 Å². The van der Waals surface area contributed by atoms with Gasteiger partial charge in [-0.3, -0.25) is 0 Å². The number of hydrogen-bond donors (Lipinski definition) is 2. The third-order valence-electron chi connectivity index (χ3n) is 2.29. The summed E-state index contributed by atoms with van der Waals surface area (Å²) in [6.45, 7) is 2.49. The Morgan fingerprint density at radius 1 is 1.73 bits per heavy atom. The zero-order valence-corrected chi connectivity index (χ0v) is 6.66. The van der Waals surface area contributed by atoms with Crippen LogP contribution >= 0.6 is 0 Å². The van der Waals surface area contributed by atoms with Gasteiger partial charge in [-0.1, -0.05) is 0 Å². The molecule has 0 radical (unpaired) electrons. The highest BCUT2D eigenvalue weighted by atomic mass is 16.4. The lowest BCUT2D eigenvalue weighted by Gasteiger charge is -2.35. The summed E-state index contributed by atoms with van der Waals surface area (Å²) in [6, 6.07) is -0.0129. The fraction of sp³-hybridized carbons (Fsp3) is 0.857. The van der Waals surface area contributed by atoms with Crippen molar-refractivity contribution in [3.8, 4) is 0 Å². The third-order valence-corrected chi connectivity index (χ3v) is 2.29. The molecule has 4 heteroatoms. The Morgan fingerprint density at radius 3 is 2.82 bits per heavy atom. The summed E-state index contributed by atoms with van der Waals surface area (Å²) in [6.07, 6.45) is 0.968. The van der Waals surface area contributed by atoms with E-state index in [9.17, 15) is 4.79 Å². The lowest BCUT2D eigenvalue weighted by Crippen LogP contribution is -2.52. The first-order chi connectivity index (χ1) is 5.13. The van der Waals surface area contributed by atoms with E-state index in [1.54, 1.807) is 0 Å². The van der Waals surface area contributed by atoms with E-state index in [4.69, 9.17) is 10.8 Å². The number of piperidine rings is 1. The monoisotopic (exact) mass is 158 g/mol. The van der Waals surface area contributed by atoms with Gasteiger partial charge in [0.25, 0.3) is 0 Å². The molecule has 0 aromatic carbocycles. The van der Waals surface area contributed by atoms with Gasteiger partial charge in [-0.15, -0.1) is 0 Å². The molecule has 1 fully saturated rings. The Morgan fingerprint density at radius 2 is 2.36 bits per heavy atom. The topological polar surface area (TPSA) is 66.6 Å². The van der Waals surface area contributed by atoms with Crippen LogP contribution in [0.4, 0.5) is 4.79 Å². The maximum Gasteiger partial charge on any atom is 0.407 e. The molecule has 11 heavy (non-hydrogen) atoms. The maximum absolute atomic E-state index is 10.6. The fourth-order valence-electron chi connectivity index (χ4n) is 1.44. The zero-order chi connectivity index (χ0) is 8.43. The van der Waals surface area contributed by atoms with Crippen LogP contribution in [0.15, 0.2) is 0 Å². The predicted octanol–water partition coefficient (Wildman–Crippen LogP) is 0.476. The molecule has 0 saturated carbocycles. The second-order valence-corrected chi connectivity index (χ2v) is 3.02. The lowest BCUT2D eigenvalue weighted by molar-refractivity contribution is 0.104. The minimum Gasteiger partial charge on any atom is -0.465 e. The van der Waals surface area contributed by atoms with E-state index in [0.717, 1.165) is 12.8 Å². The van der Waals surface area contributed by atoms with Crippen LogP contribution in [-0.4, -0.2) is 34.7 Å². The van der Waals surface area contributed by atoms with Crippen LogP contribution < -0.4 is 5.73 Å². The van der Waals surface area contributed by atoms with Crippen molar-refractivity contribution >= 4 is 6.09 Å². The molecule has 2 atom stereocenters. The molecule has 0 spiro atoms. The number of likely N-dealkylation sites (tertiary alicyclic amines) is 1. The van der Waals surface area contributed by atoms with Gasteiger partial charge in [-0.2, -0.15) is 0 Å². The Hall–Kier alpha value is -0.770. The highest BCUT2D eigenvalue weighted by molar-refractivity contribution is 5.65. The molecule has 1 heterocycles. The van der Waals surface area contributed by atoms with Crippen molar-refractivity contribution in [2.24, 2.45) is 5.73 Å². The summed E-state index contributed by atoms with van der Waals surface area (Å²) in [5, 5.41) is 8.70. The molecule has 0 aromatic heterocycles. The zero-order valence-electron chi connectivity index (χ0n) is 6.66. The quantitative estimate of drug-likeness (QED) is 0.538. The number of nitrogens with two attached hydrogens (primary N) is 1. The van der Waals surface area contributed by atoms with E-state index in [1.165, 1.54) is 4.90 Å². The van der Waals surface area contributed by atoms with Crippen LogP contribution in [0.25, 0.3) is 0 Å². The van der Waals surface area contributed by atoms with Crippen molar-refractivity contribution in [3.63, 3.8) is 0 Å². The molecule has 0 aromatic rings. The van der Waals surface area contributed by atoms with Gasteiger partial charge in [-0.25, -0.2) is 4.79 Å². The van der Waals surface area contributed by atoms with Crippen LogP contribution in [0.5, 0.6) is 0 Å². The van der Waals surface area contributed by atoms with Crippen LogP contribution in [0.1, 0.15) is 19.8 Å². The Bertz CT molecular complexity index is 161. The van der Waals surface area contributed by atoms with Gasteiger partial charge in [0.05, 0.1) is 0 Å². The second-order valence-electron chi connectivity index (χ2n) is 3.02. The molecule has 1 aliphatic rings. The number of carboxylic acid groups (broad SMARTS) is 1. The molecule has 1 rings (SSSR count). The fourth-order valence-corrected chi connectivity index (χ4v) is 1.44. The van der Waals surface area contributed by atoms with Gasteiger partial charge < -0.3 is 15.7 Å². The van der Waals surface area contributed by atoms with E-state index < -0.39 is 6.09 Å². The average molecular weight is 158 g/mol. The molecule has 3 N–H and O–H groups in total. The highest BCUT2D eigenvalue weighted by Crippen LogP contribution is 2.15. The van der Waals surface area contributed by atoms with Crippen molar-refractivity contribution < 1.29 is 9.90 Å². The number of amides is 1. The lowest BCUT2D eigenvalue weighted by atomic mass is 9.99. The summed E-state index contributed by atoms with van der Waals surface area (Å²) in [7, 11) is 0. The first-order valence-electron chi connectivity index (χ1n) is 3.88. The Kier molecular flexibility index (Phi) is 2.34. The van der Waals surface area contributed by atoms with Crippen molar-refractivity contribution in [2.75, 3.05) is 6.54 Å². The summed E-state index contributed by atoms with van der Waals surface area (Å²) in [5.74, 6) is 0. The molecule has 64 valence electrons. The third kappa shape index (κ3) is 1.63. The smallest absolute Gasteiger partial charge is 0.407 e. The number of hydrogen-bond acceptors (Lipinski definition) is 2. The van der Waals surface area contributed by atoms with Crippen molar-refractivity contribution in [3.05, 3.63) is 0 Å². The van der Waals surface area contributed by atoms with Crippen molar-refractivity contribution in [1.29, 1.82) is 0 Å². The summed E-state index contributed by atoms with van der Waals surface area (Å²) < 4.78 is 0.